The van der Waals surface area contributed by atoms with Gasteiger partial charge in [-0.25, -0.2) is 0 Å². The first-order chi connectivity index (χ1) is 11.4. The van der Waals surface area contributed by atoms with E-state index >= 15 is 0 Å². The largest absolute Gasteiger partial charge is 0.476 e. The summed E-state index contributed by atoms with van der Waals surface area (Å²) < 4.78 is 5.42. The molecule has 0 aliphatic carbocycles. The third-order valence-electron chi connectivity index (χ3n) is 4.71. The minimum Gasteiger partial charge on any atom is -0.476 e. The molecule has 1 rings (SSSR count). The van der Waals surface area contributed by atoms with Gasteiger partial charge in [-0.1, -0.05) is 96.8 Å². The Balaban J connectivity index is 1.68. The Kier molecular flexibility index (Phi) is 14.2. The summed E-state index contributed by atoms with van der Waals surface area (Å²) in [6.45, 7) is 2.29. The van der Waals surface area contributed by atoms with Gasteiger partial charge >= 0.3 is 0 Å². The Morgan fingerprint density at radius 3 is 1.61 bits per heavy atom. The van der Waals surface area contributed by atoms with Crippen LogP contribution in [0.4, 0.5) is 0 Å². The molecule has 0 aromatic heterocycles. The number of aliphatic imine (C=N–C) groups is 1. The van der Waals surface area contributed by atoms with Gasteiger partial charge in [0.15, 0.2) is 6.23 Å². The van der Waals surface area contributed by atoms with Crippen LogP contribution in [-0.2, 0) is 4.74 Å². The molecule has 23 heavy (non-hydrogen) atoms. The Bertz CT molecular complexity index is 298. The molecular weight excluding hydrogens is 282 g/mol. The lowest BCUT2D eigenvalue weighted by Gasteiger charge is -2.13. The van der Waals surface area contributed by atoms with E-state index in [2.05, 4.69) is 11.9 Å². The lowest BCUT2D eigenvalue weighted by Crippen LogP contribution is -2.08. The Morgan fingerprint density at radius 1 is 0.696 bits per heavy atom. The molecule has 1 aliphatic heterocycles. The summed E-state index contributed by atoms with van der Waals surface area (Å²) in [6.07, 6.45) is 27.8. The maximum atomic E-state index is 5.42. The van der Waals surface area contributed by atoms with E-state index in [9.17, 15) is 0 Å². The van der Waals surface area contributed by atoms with Crippen molar-refractivity contribution in [2.45, 2.75) is 116 Å². The van der Waals surface area contributed by atoms with Crippen molar-refractivity contribution in [3.8, 4) is 0 Å². The lowest BCUT2D eigenvalue weighted by molar-refractivity contribution is 0.138. The first-order valence-electron chi connectivity index (χ1n) is 10.3. The van der Waals surface area contributed by atoms with Gasteiger partial charge < -0.3 is 4.74 Å². The third kappa shape index (κ3) is 13.4. The molecule has 1 heterocycles. The average molecular weight is 322 g/mol. The SMILES string of the molecule is CCCCCCCCCCCCCCCCCC1N=CC=CO1. The van der Waals surface area contributed by atoms with Gasteiger partial charge in [-0.2, -0.15) is 0 Å². The van der Waals surface area contributed by atoms with Gasteiger partial charge in [-0.05, 0) is 12.5 Å². The number of rotatable bonds is 16. The summed E-state index contributed by atoms with van der Waals surface area (Å²) >= 11 is 0. The molecule has 134 valence electrons. The van der Waals surface area contributed by atoms with Gasteiger partial charge in [-0.15, -0.1) is 0 Å². The van der Waals surface area contributed by atoms with E-state index in [1.54, 1.807) is 6.26 Å². The zero-order valence-electron chi connectivity index (χ0n) is 15.5. The van der Waals surface area contributed by atoms with Crippen LogP contribution in [0.25, 0.3) is 0 Å². The smallest absolute Gasteiger partial charge is 0.188 e. The van der Waals surface area contributed by atoms with Crippen molar-refractivity contribution in [2.75, 3.05) is 0 Å². The van der Waals surface area contributed by atoms with Crippen LogP contribution < -0.4 is 0 Å². The highest BCUT2D eigenvalue weighted by molar-refractivity contribution is 5.71. The van der Waals surface area contributed by atoms with Crippen LogP contribution in [0.15, 0.2) is 17.3 Å². The molecule has 2 nitrogen and oxygen atoms in total. The molecule has 1 aliphatic rings. The fourth-order valence-electron chi connectivity index (χ4n) is 3.18. The first-order valence-corrected chi connectivity index (χ1v) is 10.3. The van der Waals surface area contributed by atoms with Gasteiger partial charge in [0.25, 0.3) is 0 Å². The van der Waals surface area contributed by atoms with E-state index in [0.717, 1.165) is 6.42 Å². The van der Waals surface area contributed by atoms with Crippen molar-refractivity contribution in [1.82, 2.24) is 0 Å². The standard InChI is InChI=1S/C21H39NO/c1-2-3-4-5-6-7-8-9-10-11-12-13-14-15-16-18-21-22-19-17-20-23-21/h17,19-21H,2-16,18H2,1H3. The van der Waals surface area contributed by atoms with Crippen LogP contribution in [0, 0.1) is 0 Å². The second kappa shape index (κ2) is 16.1. The maximum Gasteiger partial charge on any atom is 0.188 e. The maximum absolute atomic E-state index is 5.42. The van der Waals surface area contributed by atoms with E-state index < -0.39 is 0 Å². The van der Waals surface area contributed by atoms with Crippen molar-refractivity contribution in [3.63, 3.8) is 0 Å². The van der Waals surface area contributed by atoms with Gasteiger partial charge in [0.1, 0.15) is 0 Å². The molecule has 0 fully saturated rings. The van der Waals surface area contributed by atoms with Crippen LogP contribution in [0.1, 0.15) is 110 Å². The van der Waals surface area contributed by atoms with Crippen molar-refractivity contribution >= 4 is 6.21 Å². The average Bonchev–Trinajstić information content (AvgIpc) is 2.59. The summed E-state index contributed by atoms with van der Waals surface area (Å²) in [5.41, 5.74) is 0. The van der Waals surface area contributed by atoms with Crippen LogP contribution in [0.3, 0.4) is 0 Å². The molecule has 0 radical (unpaired) electrons. The van der Waals surface area contributed by atoms with E-state index in [0.29, 0.717) is 0 Å². The topological polar surface area (TPSA) is 21.6 Å². The molecule has 1 atom stereocenters. The van der Waals surface area contributed by atoms with E-state index in [1.807, 2.05) is 12.3 Å². The molecule has 2 heteroatoms. The Hall–Kier alpha value is -0.790. The third-order valence-corrected chi connectivity index (χ3v) is 4.71. The molecule has 0 aromatic rings. The molecule has 0 saturated heterocycles. The van der Waals surface area contributed by atoms with Gasteiger partial charge in [-0.3, -0.25) is 4.99 Å². The first kappa shape index (κ1) is 20.3. The van der Waals surface area contributed by atoms with Crippen LogP contribution >= 0.6 is 0 Å². The highest BCUT2D eigenvalue weighted by atomic mass is 16.5. The molecule has 0 saturated carbocycles. The number of hydrogen-bond acceptors (Lipinski definition) is 2. The predicted molar refractivity (Wildman–Crippen MR) is 102 cm³/mol. The number of nitrogens with zero attached hydrogens (tertiary/aromatic N) is 1. The molecule has 0 amide bonds. The predicted octanol–water partition coefficient (Wildman–Crippen LogP) is 7.19. The summed E-state index contributed by atoms with van der Waals surface area (Å²) in [4.78, 5) is 4.30. The molecule has 0 N–H and O–H groups in total. The molecule has 0 aromatic carbocycles. The summed E-state index contributed by atoms with van der Waals surface area (Å²) in [7, 11) is 0. The summed E-state index contributed by atoms with van der Waals surface area (Å²) in [5, 5.41) is 0. The van der Waals surface area contributed by atoms with Gasteiger partial charge in [0, 0.05) is 12.6 Å². The van der Waals surface area contributed by atoms with E-state index in [1.165, 1.54) is 96.3 Å². The normalized spacial score (nSPS) is 16.7. The zero-order valence-corrected chi connectivity index (χ0v) is 15.5. The van der Waals surface area contributed by atoms with Crippen molar-refractivity contribution < 1.29 is 4.74 Å². The molecular formula is C21H39NO. The molecule has 0 spiro atoms. The highest BCUT2D eigenvalue weighted by Gasteiger charge is 2.05. The molecule has 1 unspecified atom stereocenters. The van der Waals surface area contributed by atoms with E-state index in [4.69, 9.17) is 4.74 Å². The zero-order chi connectivity index (χ0) is 16.4. The number of allylic oxidation sites excluding steroid dienone is 1. The number of ether oxygens (including phenoxy) is 1. The quantitative estimate of drug-likeness (QED) is 0.276. The second-order valence-corrected chi connectivity index (χ2v) is 6.96. The van der Waals surface area contributed by atoms with Crippen LogP contribution in [0.5, 0.6) is 0 Å². The minimum atomic E-state index is 0.0852. The number of unbranched alkanes of at least 4 members (excludes halogenated alkanes) is 14. The number of hydrogen-bond donors (Lipinski definition) is 0. The Labute approximate surface area is 144 Å². The van der Waals surface area contributed by atoms with Gasteiger partial charge in [0.2, 0.25) is 0 Å². The van der Waals surface area contributed by atoms with Crippen LogP contribution in [0.2, 0.25) is 0 Å². The fraction of sp³-hybridized carbons (Fsp3) is 0.857. The van der Waals surface area contributed by atoms with Crippen molar-refractivity contribution in [2.24, 2.45) is 4.99 Å². The Morgan fingerprint density at radius 2 is 1.17 bits per heavy atom. The second-order valence-electron chi connectivity index (χ2n) is 6.96. The van der Waals surface area contributed by atoms with Crippen LogP contribution in [-0.4, -0.2) is 12.4 Å². The monoisotopic (exact) mass is 321 g/mol. The van der Waals surface area contributed by atoms with Crippen molar-refractivity contribution in [3.05, 3.63) is 12.3 Å². The van der Waals surface area contributed by atoms with Crippen molar-refractivity contribution in [1.29, 1.82) is 0 Å². The van der Waals surface area contributed by atoms with E-state index in [-0.39, 0.29) is 6.23 Å². The highest BCUT2D eigenvalue weighted by Crippen LogP contribution is 2.15. The summed E-state index contributed by atoms with van der Waals surface area (Å²) in [5.74, 6) is 0. The van der Waals surface area contributed by atoms with Gasteiger partial charge in [0.05, 0.1) is 6.26 Å². The lowest BCUT2D eigenvalue weighted by atomic mass is 10.0. The minimum absolute atomic E-state index is 0.0852. The summed E-state index contributed by atoms with van der Waals surface area (Å²) in [6, 6.07) is 0. The molecule has 0 bridgehead atoms. The fourth-order valence-corrected chi connectivity index (χ4v) is 3.18.